The number of rotatable bonds is 6. The Morgan fingerprint density at radius 3 is 2.58 bits per heavy atom. The van der Waals surface area contributed by atoms with Gasteiger partial charge in [-0.25, -0.2) is 9.59 Å². The lowest BCUT2D eigenvalue weighted by atomic mass is 10.2. The summed E-state index contributed by atoms with van der Waals surface area (Å²) < 4.78 is 0. The Morgan fingerprint density at radius 1 is 1.42 bits per heavy atom. The van der Waals surface area contributed by atoms with E-state index in [9.17, 15) is 14.4 Å². The number of carbonyl (C=O) groups excluding carboxylic acids is 2. The molecule has 1 aromatic heterocycles. The highest BCUT2D eigenvalue weighted by atomic mass is 32.1. The standard InChI is InChI=1S/C11H15N3O4S/c1-6(7-2-3-19-5-7)13-11(18)14-8(10(16)17)4-9(12)15/h2-3,5-6,8H,4H2,1H3,(H2,12,15)(H,16,17)(H2,13,14,18). The minimum atomic E-state index is -1.33. The molecule has 2 atom stereocenters. The largest absolute Gasteiger partial charge is 0.480 e. The van der Waals surface area contributed by atoms with Crippen molar-refractivity contribution in [2.24, 2.45) is 5.73 Å². The molecule has 19 heavy (non-hydrogen) atoms. The number of carboxylic acids is 1. The van der Waals surface area contributed by atoms with E-state index in [2.05, 4.69) is 10.6 Å². The van der Waals surface area contributed by atoms with E-state index in [0.717, 1.165) is 5.56 Å². The number of aliphatic carboxylic acids is 1. The highest BCUT2D eigenvalue weighted by molar-refractivity contribution is 7.07. The topological polar surface area (TPSA) is 122 Å². The van der Waals surface area contributed by atoms with Crippen LogP contribution in [0.2, 0.25) is 0 Å². The first-order valence-corrected chi connectivity index (χ1v) is 6.44. The Bertz CT molecular complexity index is 461. The Balaban J connectivity index is 2.53. The van der Waals surface area contributed by atoms with E-state index in [1.807, 2.05) is 16.8 Å². The fourth-order valence-corrected chi connectivity index (χ4v) is 2.16. The minimum Gasteiger partial charge on any atom is -0.480 e. The number of primary amides is 1. The molecule has 0 aliphatic heterocycles. The van der Waals surface area contributed by atoms with Crippen LogP contribution in [0.5, 0.6) is 0 Å². The van der Waals surface area contributed by atoms with E-state index in [1.165, 1.54) is 11.3 Å². The fourth-order valence-electron chi connectivity index (χ4n) is 1.40. The predicted molar refractivity (Wildman–Crippen MR) is 69.6 cm³/mol. The van der Waals surface area contributed by atoms with Crippen LogP contribution in [-0.2, 0) is 9.59 Å². The lowest BCUT2D eigenvalue weighted by molar-refractivity contribution is -0.140. The van der Waals surface area contributed by atoms with Crippen LogP contribution < -0.4 is 16.4 Å². The van der Waals surface area contributed by atoms with Crippen molar-refractivity contribution < 1.29 is 19.5 Å². The number of carboxylic acid groups (broad SMARTS) is 1. The molecule has 0 aliphatic rings. The molecule has 0 aliphatic carbocycles. The molecule has 0 fully saturated rings. The third-order valence-corrected chi connectivity index (χ3v) is 3.10. The van der Waals surface area contributed by atoms with Gasteiger partial charge in [0.05, 0.1) is 12.5 Å². The van der Waals surface area contributed by atoms with Crippen LogP contribution in [0.1, 0.15) is 24.9 Å². The summed E-state index contributed by atoms with van der Waals surface area (Å²) >= 11 is 1.50. The monoisotopic (exact) mass is 285 g/mol. The number of carbonyl (C=O) groups is 3. The molecule has 0 bridgehead atoms. The molecule has 0 spiro atoms. The van der Waals surface area contributed by atoms with Crippen LogP contribution >= 0.6 is 11.3 Å². The van der Waals surface area contributed by atoms with Gasteiger partial charge in [-0.3, -0.25) is 4.79 Å². The molecule has 1 heterocycles. The van der Waals surface area contributed by atoms with Crippen LogP contribution in [0.4, 0.5) is 4.79 Å². The van der Waals surface area contributed by atoms with E-state index in [-0.39, 0.29) is 6.04 Å². The molecule has 8 heteroatoms. The Morgan fingerprint density at radius 2 is 2.11 bits per heavy atom. The second-order valence-corrected chi connectivity index (χ2v) is 4.74. The quantitative estimate of drug-likeness (QED) is 0.605. The average Bonchev–Trinajstić information content (AvgIpc) is 2.80. The van der Waals surface area contributed by atoms with Gasteiger partial charge in [0.1, 0.15) is 6.04 Å². The maximum absolute atomic E-state index is 11.6. The van der Waals surface area contributed by atoms with E-state index >= 15 is 0 Å². The molecule has 0 radical (unpaired) electrons. The molecule has 1 aromatic rings. The number of nitrogens with two attached hydrogens (primary N) is 1. The summed E-state index contributed by atoms with van der Waals surface area (Å²) in [6.07, 6.45) is -0.449. The second-order valence-electron chi connectivity index (χ2n) is 3.96. The van der Waals surface area contributed by atoms with E-state index < -0.39 is 30.4 Å². The first-order valence-electron chi connectivity index (χ1n) is 5.50. The third-order valence-electron chi connectivity index (χ3n) is 2.40. The summed E-state index contributed by atoms with van der Waals surface area (Å²) in [6, 6.07) is -0.387. The molecule has 0 aromatic carbocycles. The predicted octanol–water partition coefficient (Wildman–Crippen LogP) is 0.437. The van der Waals surface area contributed by atoms with Crippen molar-refractivity contribution in [2.45, 2.75) is 25.4 Å². The number of thiophene rings is 1. The molecular formula is C11H15N3O4S. The first kappa shape index (κ1) is 15.0. The highest BCUT2D eigenvalue weighted by Gasteiger charge is 2.22. The van der Waals surface area contributed by atoms with Gasteiger partial charge in [-0.05, 0) is 29.3 Å². The number of urea groups is 1. The van der Waals surface area contributed by atoms with Gasteiger partial charge in [0.15, 0.2) is 0 Å². The Hall–Kier alpha value is -2.09. The van der Waals surface area contributed by atoms with Crippen molar-refractivity contribution in [3.8, 4) is 0 Å². The fraction of sp³-hybridized carbons (Fsp3) is 0.364. The number of nitrogens with one attached hydrogen (secondary N) is 2. The van der Waals surface area contributed by atoms with Crippen molar-refractivity contribution in [3.05, 3.63) is 22.4 Å². The Labute approximate surface area is 113 Å². The zero-order valence-corrected chi connectivity index (χ0v) is 11.1. The van der Waals surface area contributed by atoms with Crippen molar-refractivity contribution in [1.82, 2.24) is 10.6 Å². The van der Waals surface area contributed by atoms with Crippen molar-refractivity contribution in [2.75, 3.05) is 0 Å². The number of amides is 3. The summed E-state index contributed by atoms with van der Waals surface area (Å²) in [5.74, 6) is -2.10. The minimum absolute atomic E-state index is 0.255. The first-order chi connectivity index (χ1) is 8.90. The highest BCUT2D eigenvalue weighted by Crippen LogP contribution is 2.15. The van der Waals surface area contributed by atoms with Gasteiger partial charge in [0.2, 0.25) is 5.91 Å². The Kier molecular flexibility index (Phi) is 5.31. The van der Waals surface area contributed by atoms with Crippen molar-refractivity contribution in [3.63, 3.8) is 0 Å². The van der Waals surface area contributed by atoms with E-state index in [4.69, 9.17) is 10.8 Å². The van der Waals surface area contributed by atoms with Gasteiger partial charge in [-0.15, -0.1) is 0 Å². The lowest BCUT2D eigenvalue weighted by Crippen LogP contribution is -2.48. The summed E-state index contributed by atoms with van der Waals surface area (Å²) in [6.45, 7) is 1.77. The van der Waals surface area contributed by atoms with Crippen LogP contribution in [-0.4, -0.2) is 29.1 Å². The molecule has 1 rings (SSSR count). The van der Waals surface area contributed by atoms with Gasteiger partial charge >= 0.3 is 12.0 Å². The smallest absolute Gasteiger partial charge is 0.326 e. The molecule has 2 unspecified atom stereocenters. The molecule has 7 nitrogen and oxygen atoms in total. The SMILES string of the molecule is CC(NC(=O)NC(CC(N)=O)C(=O)O)c1ccsc1. The van der Waals surface area contributed by atoms with Gasteiger partial charge in [0, 0.05) is 0 Å². The van der Waals surface area contributed by atoms with Crippen LogP contribution in [0.15, 0.2) is 16.8 Å². The zero-order chi connectivity index (χ0) is 14.4. The molecule has 0 saturated carbocycles. The number of hydrogen-bond acceptors (Lipinski definition) is 4. The molecule has 5 N–H and O–H groups in total. The van der Waals surface area contributed by atoms with E-state index in [0.29, 0.717) is 0 Å². The lowest BCUT2D eigenvalue weighted by Gasteiger charge is -2.17. The van der Waals surface area contributed by atoms with Crippen molar-refractivity contribution in [1.29, 1.82) is 0 Å². The maximum Gasteiger partial charge on any atom is 0.326 e. The average molecular weight is 285 g/mol. The van der Waals surface area contributed by atoms with Crippen LogP contribution in [0.25, 0.3) is 0 Å². The van der Waals surface area contributed by atoms with E-state index in [1.54, 1.807) is 6.92 Å². The maximum atomic E-state index is 11.6. The summed E-state index contributed by atoms with van der Waals surface area (Å²) in [5, 5.41) is 17.4. The summed E-state index contributed by atoms with van der Waals surface area (Å²) in [5.41, 5.74) is 5.83. The van der Waals surface area contributed by atoms with Gasteiger partial charge in [-0.2, -0.15) is 11.3 Å². The second kappa shape index (κ2) is 6.74. The van der Waals surface area contributed by atoms with Gasteiger partial charge in [0.25, 0.3) is 0 Å². The molecule has 104 valence electrons. The van der Waals surface area contributed by atoms with Gasteiger partial charge < -0.3 is 21.5 Å². The van der Waals surface area contributed by atoms with Crippen LogP contribution in [0.3, 0.4) is 0 Å². The molecule has 3 amide bonds. The zero-order valence-electron chi connectivity index (χ0n) is 10.3. The summed E-state index contributed by atoms with van der Waals surface area (Å²) in [7, 11) is 0. The van der Waals surface area contributed by atoms with Crippen LogP contribution in [0, 0.1) is 0 Å². The normalized spacial score (nSPS) is 13.3. The third kappa shape index (κ3) is 4.96. The molecular weight excluding hydrogens is 270 g/mol. The summed E-state index contributed by atoms with van der Waals surface area (Å²) in [4.78, 5) is 33.1. The van der Waals surface area contributed by atoms with Gasteiger partial charge in [-0.1, -0.05) is 0 Å². The van der Waals surface area contributed by atoms with Crippen molar-refractivity contribution >= 4 is 29.2 Å². The number of hydrogen-bond donors (Lipinski definition) is 4. The molecule has 0 saturated heterocycles.